The average molecular weight is 704 g/mol. The van der Waals surface area contributed by atoms with Crippen LogP contribution < -0.4 is 24.4 Å². The second-order valence-corrected chi connectivity index (χ2v) is 13.0. The number of imidazole rings is 1. The minimum Gasteiger partial charge on any atom is -0.496 e. The van der Waals surface area contributed by atoms with E-state index in [1.807, 2.05) is 28.9 Å². The number of methoxy groups -OCH3 is 4. The lowest BCUT2D eigenvalue weighted by atomic mass is 10.0. The van der Waals surface area contributed by atoms with Gasteiger partial charge in [0.2, 0.25) is 0 Å². The van der Waals surface area contributed by atoms with E-state index in [0.29, 0.717) is 45.9 Å². The van der Waals surface area contributed by atoms with E-state index >= 15 is 0 Å². The van der Waals surface area contributed by atoms with Crippen LogP contribution in [0.1, 0.15) is 12.8 Å². The van der Waals surface area contributed by atoms with Crippen LogP contribution in [0.3, 0.4) is 0 Å². The molecule has 1 aliphatic heterocycles. The van der Waals surface area contributed by atoms with E-state index in [1.165, 1.54) is 12.8 Å². The molecule has 1 saturated carbocycles. The normalized spacial score (nSPS) is 15.4. The summed E-state index contributed by atoms with van der Waals surface area (Å²) < 4.78 is 24.3. The lowest BCUT2D eigenvalue weighted by molar-refractivity contribution is 0.233. The van der Waals surface area contributed by atoms with Gasteiger partial charge in [0.15, 0.2) is 0 Å². The number of nitrogens with zero attached hydrogens (tertiary/aromatic N) is 5. The Balaban J connectivity index is 1.31. The average Bonchev–Trinajstić information content (AvgIpc) is 3.86. The van der Waals surface area contributed by atoms with Crippen LogP contribution in [-0.2, 0) is 4.74 Å². The lowest BCUT2D eigenvalue weighted by Crippen LogP contribution is -2.47. The Morgan fingerprint density at radius 1 is 0.837 bits per heavy atom. The van der Waals surface area contributed by atoms with Crippen molar-refractivity contribution in [3.8, 4) is 39.6 Å². The molecule has 0 radical (unpaired) electrons. The highest BCUT2D eigenvalue weighted by Gasteiger charge is 2.32. The van der Waals surface area contributed by atoms with Gasteiger partial charge >= 0.3 is 0 Å². The fraction of sp³-hybridized carbons (Fsp3) is 0.351. The fourth-order valence-electron chi connectivity index (χ4n) is 6.67. The van der Waals surface area contributed by atoms with Crippen molar-refractivity contribution < 1.29 is 18.9 Å². The van der Waals surface area contributed by atoms with Gasteiger partial charge in [0.05, 0.1) is 60.6 Å². The lowest BCUT2D eigenvalue weighted by Gasteiger charge is -2.37. The molecule has 1 aliphatic carbocycles. The molecule has 49 heavy (non-hydrogen) atoms. The molecule has 0 unspecified atom stereocenters. The number of piperazine rings is 1. The summed E-state index contributed by atoms with van der Waals surface area (Å²) in [6.07, 6.45) is 12.3. The number of hydrogen-bond acceptors (Lipinski definition) is 9. The first-order valence-corrected chi connectivity index (χ1v) is 17.2. The Kier molecular flexibility index (Phi) is 9.73. The Morgan fingerprint density at radius 3 is 2.24 bits per heavy atom. The van der Waals surface area contributed by atoms with E-state index in [9.17, 15) is 0 Å². The minimum atomic E-state index is 0.373. The molecule has 1 saturated heterocycles. The van der Waals surface area contributed by atoms with Gasteiger partial charge in [-0.1, -0.05) is 35.4 Å². The number of hydrogen-bond donors (Lipinski definition) is 1. The molecule has 4 heterocycles. The molecular formula is C37H40Cl2N6O4. The standard InChI is InChI=1S/C37H40Cl2N6O4/c1-46-16-6-5-9-40-28-18-25(31(47-2)20-30(28)44-14-12-43(13-15-44)24-7-8-24)27-19-29-23(22-42-27)17-26(37-41-10-11-45(29)37)34-35(38)32(48-3)21-33(49-4)36(34)39/h5-6,10-11,17-22,24,40H,7-9,12-16H2,1-4H3/b6-5-. The topological polar surface area (TPSA) is 85.6 Å². The van der Waals surface area contributed by atoms with Crippen molar-refractivity contribution >= 4 is 51.1 Å². The van der Waals surface area contributed by atoms with E-state index in [4.69, 9.17) is 52.1 Å². The van der Waals surface area contributed by atoms with Crippen LogP contribution in [0.2, 0.25) is 10.0 Å². The molecule has 2 aliphatic rings. The third kappa shape index (κ3) is 6.46. The number of rotatable bonds is 12. The quantitative estimate of drug-likeness (QED) is 0.133. The van der Waals surface area contributed by atoms with Crippen LogP contribution in [0, 0.1) is 0 Å². The summed E-state index contributed by atoms with van der Waals surface area (Å²) >= 11 is 13.7. The third-order valence-corrected chi connectivity index (χ3v) is 10.1. The molecular weight excluding hydrogens is 663 g/mol. The Hall–Kier alpha value is -4.22. The summed E-state index contributed by atoms with van der Waals surface area (Å²) in [5, 5.41) is 5.28. The molecule has 0 spiro atoms. The van der Waals surface area contributed by atoms with Gasteiger partial charge in [-0.3, -0.25) is 14.3 Å². The molecule has 2 fully saturated rings. The molecule has 7 rings (SSSR count). The molecule has 0 atom stereocenters. The number of benzene rings is 2. The van der Waals surface area contributed by atoms with E-state index in [-0.39, 0.29) is 0 Å². The maximum atomic E-state index is 6.85. The predicted molar refractivity (Wildman–Crippen MR) is 197 cm³/mol. The smallest absolute Gasteiger partial charge is 0.145 e. The number of anilines is 2. The van der Waals surface area contributed by atoms with E-state index < -0.39 is 0 Å². The number of halogens is 2. The van der Waals surface area contributed by atoms with Gasteiger partial charge in [0, 0.05) is 98.7 Å². The summed E-state index contributed by atoms with van der Waals surface area (Å²) in [5.41, 5.74) is 6.72. The van der Waals surface area contributed by atoms with Gasteiger partial charge in [-0.05, 0) is 31.0 Å². The Bertz CT molecular complexity index is 1990. The summed E-state index contributed by atoms with van der Waals surface area (Å²) in [5.74, 6) is 1.66. The van der Waals surface area contributed by atoms with Gasteiger partial charge in [0.1, 0.15) is 22.9 Å². The van der Waals surface area contributed by atoms with Crippen LogP contribution in [0.25, 0.3) is 38.9 Å². The molecule has 5 aromatic rings. The number of ether oxygens (including phenoxy) is 4. The van der Waals surface area contributed by atoms with Crippen molar-refractivity contribution in [2.75, 3.05) is 78.0 Å². The molecule has 2 aromatic carbocycles. The molecule has 1 N–H and O–H groups in total. The second kappa shape index (κ2) is 14.3. The molecule has 12 heteroatoms. The van der Waals surface area contributed by atoms with Crippen molar-refractivity contribution in [3.05, 3.63) is 71.1 Å². The van der Waals surface area contributed by atoms with Gasteiger partial charge in [-0.2, -0.15) is 0 Å². The van der Waals surface area contributed by atoms with Crippen molar-refractivity contribution in [3.63, 3.8) is 0 Å². The summed E-state index contributed by atoms with van der Waals surface area (Å²) in [6, 6.07) is 10.8. The summed E-state index contributed by atoms with van der Waals surface area (Å²) in [7, 11) is 6.53. The van der Waals surface area contributed by atoms with E-state index in [0.717, 1.165) is 77.1 Å². The number of aromatic nitrogens is 3. The zero-order valence-corrected chi connectivity index (χ0v) is 29.6. The van der Waals surface area contributed by atoms with Gasteiger partial charge in [0.25, 0.3) is 0 Å². The minimum absolute atomic E-state index is 0.373. The van der Waals surface area contributed by atoms with Crippen LogP contribution in [-0.4, -0.2) is 93.1 Å². The predicted octanol–water partition coefficient (Wildman–Crippen LogP) is 7.45. The molecule has 3 aromatic heterocycles. The first-order valence-electron chi connectivity index (χ1n) is 16.4. The van der Waals surface area contributed by atoms with Crippen molar-refractivity contribution in [1.29, 1.82) is 0 Å². The SMILES string of the molecule is COC/C=C\CNc1cc(-c2cc3c(cn2)cc(-c2c(Cl)c(OC)cc(OC)c2Cl)c2nccn23)c(OC)cc1N1CCN(C2CC2)CC1. The molecule has 0 amide bonds. The van der Waals surface area contributed by atoms with Gasteiger partial charge < -0.3 is 29.2 Å². The van der Waals surface area contributed by atoms with Crippen LogP contribution >= 0.6 is 23.2 Å². The van der Waals surface area contributed by atoms with Crippen molar-refractivity contribution in [1.82, 2.24) is 19.3 Å². The number of pyridine rings is 2. The van der Waals surface area contributed by atoms with E-state index in [2.05, 4.69) is 39.4 Å². The van der Waals surface area contributed by atoms with Crippen LogP contribution in [0.4, 0.5) is 11.4 Å². The Labute approximate surface area is 296 Å². The highest BCUT2D eigenvalue weighted by atomic mass is 35.5. The first kappa shape index (κ1) is 33.3. The van der Waals surface area contributed by atoms with Gasteiger partial charge in [-0.25, -0.2) is 4.98 Å². The maximum Gasteiger partial charge on any atom is 0.145 e. The van der Waals surface area contributed by atoms with Crippen LogP contribution in [0.5, 0.6) is 17.2 Å². The van der Waals surface area contributed by atoms with Crippen molar-refractivity contribution in [2.45, 2.75) is 18.9 Å². The third-order valence-electron chi connectivity index (χ3n) is 9.35. The molecule has 256 valence electrons. The first-order chi connectivity index (χ1) is 23.9. The monoisotopic (exact) mass is 702 g/mol. The summed E-state index contributed by atoms with van der Waals surface area (Å²) in [4.78, 5) is 14.7. The zero-order valence-electron chi connectivity index (χ0n) is 28.1. The second-order valence-electron chi connectivity index (χ2n) is 12.2. The fourth-order valence-corrected chi connectivity index (χ4v) is 7.38. The highest BCUT2D eigenvalue weighted by Crippen LogP contribution is 2.48. The number of nitrogens with one attached hydrogen (secondary N) is 1. The molecule has 0 bridgehead atoms. The molecule has 10 nitrogen and oxygen atoms in total. The van der Waals surface area contributed by atoms with Crippen molar-refractivity contribution in [2.24, 2.45) is 0 Å². The Morgan fingerprint density at radius 2 is 1.57 bits per heavy atom. The van der Waals surface area contributed by atoms with E-state index in [1.54, 1.807) is 40.7 Å². The maximum absolute atomic E-state index is 6.85. The number of fused-ring (bicyclic) bond motifs is 3. The summed E-state index contributed by atoms with van der Waals surface area (Å²) in [6.45, 7) is 5.30. The highest BCUT2D eigenvalue weighted by molar-refractivity contribution is 6.41. The van der Waals surface area contributed by atoms with Crippen LogP contribution in [0.15, 0.2) is 61.1 Å². The zero-order chi connectivity index (χ0) is 34.1. The largest absolute Gasteiger partial charge is 0.496 e. The van der Waals surface area contributed by atoms with Gasteiger partial charge in [-0.15, -0.1) is 0 Å².